The lowest BCUT2D eigenvalue weighted by atomic mass is 10.1. The SMILES string of the molecule is Cc1sc2nc(C3CC3c3cccnc3)c(C)c(=O)n2c1C. The lowest BCUT2D eigenvalue weighted by Gasteiger charge is -2.06. The molecule has 3 aromatic rings. The third kappa shape index (κ3) is 1.92. The number of aryl methyl sites for hydroxylation is 2. The van der Waals surface area contributed by atoms with Gasteiger partial charge in [-0.25, -0.2) is 4.98 Å². The summed E-state index contributed by atoms with van der Waals surface area (Å²) in [5, 5.41) is 0. The van der Waals surface area contributed by atoms with Gasteiger partial charge in [0, 0.05) is 34.4 Å². The van der Waals surface area contributed by atoms with Gasteiger partial charge in [-0.05, 0) is 44.7 Å². The van der Waals surface area contributed by atoms with E-state index in [4.69, 9.17) is 4.98 Å². The van der Waals surface area contributed by atoms with Crippen LogP contribution in [0.15, 0.2) is 29.3 Å². The summed E-state index contributed by atoms with van der Waals surface area (Å²) < 4.78 is 1.75. The second-order valence-corrected chi connectivity index (χ2v) is 7.21. The first kappa shape index (κ1) is 13.6. The fraction of sp³-hybridized carbons (Fsp3) is 0.353. The molecule has 0 aromatic carbocycles. The zero-order chi connectivity index (χ0) is 15.4. The Morgan fingerprint density at radius 3 is 2.82 bits per heavy atom. The predicted molar refractivity (Wildman–Crippen MR) is 87.9 cm³/mol. The summed E-state index contributed by atoms with van der Waals surface area (Å²) in [5.74, 6) is 0.800. The topological polar surface area (TPSA) is 47.3 Å². The highest BCUT2D eigenvalue weighted by molar-refractivity contribution is 7.17. The lowest BCUT2D eigenvalue weighted by molar-refractivity contribution is 0.898. The van der Waals surface area contributed by atoms with E-state index in [-0.39, 0.29) is 5.56 Å². The van der Waals surface area contributed by atoms with E-state index < -0.39 is 0 Å². The first-order chi connectivity index (χ1) is 10.6. The number of hydrogen-bond acceptors (Lipinski definition) is 4. The van der Waals surface area contributed by atoms with Crippen molar-refractivity contribution >= 4 is 16.3 Å². The van der Waals surface area contributed by atoms with Gasteiger partial charge < -0.3 is 0 Å². The van der Waals surface area contributed by atoms with E-state index in [1.165, 1.54) is 5.56 Å². The van der Waals surface area contributed by atoms with Crippen molar-refractivity contribution in [3.8, 4) is 0 Å². The minimum Gasteiger partial charge on any atom is -0.269 e. The molecule has 22 heavy (non-hydrogen) atoms. The van der Waals surface area contributed by atoms with Crippen LogP contribution in [-0.4, -0.2) is 14.4 Å². The molecule has 0 N–H and O–H groups in total. The average Bonchev–Trinajstić information content (AvgIpc) is 3.26. The van der Waals surface area contributed by atoms with Crippen LogP contribution in [0.2, 0.25) is 0 Å². The standard InChI is InChI=1S/C17H17N3OS/c1-9-15(14-7-13(14)12-5-4-6-18-8-12)19-17-20(16(9)21)10(2)11(3)22-17/h4-6,8,13-14H,7H2,1-3H3. The maximum Gasteiger partial charge on any atom is 0.261 e. The number of pyridine rings is 1. The van der Waals surface area contributed by atoms with E-state index in [9.17, 15) is 4.79 Å². The summed E-state index contributed by atoms with van der Waals surface area (Å²) in [7, 11) is 0. The van der Waals surface area contributed by atoms with E-state index in [1.807, 2.05) is 33.0 Å². The van der Waals surface area contributed by atoms with Gasteiger partial charge in [0.1, 0.15) is 0 Å². The molecule has 0 saturated heterocycles. The molecular weight excluding hydrogens is 294 g/mol. The van der Waals surface area contributed by atoms with Crippen molar-refractivity contribution < 1.29 is 0 Å². The van der Waals surface area contributed by atoms with E-state index in [0.717, 1.165) is 33.2 Å². The molecule has 0 radical (unpaired) electrons. The van der Waals surface area contributed by atoms with Gasteiger partial charge in [-0.3, -0.25) is 14.2 Å². The number of hydrogen-bond donors (Lipinski definition) is 0. The first-order valence-corrected chi connectivity index (χ1v) is 8.28. The Balaban J connectivity index is 1.81. The summed E-state index contributed by atoms with van der Waals surface area (Å²) in [5.41, 5.74) is 4.09. The molecule has 0 bridgehead atoms. The van der Waals surface area contributed by atoms with Crippen LogP contribution in [0.4, 0.5) is 0 Å². The first-order valence-electron chi connectivity index (χ1n) is 7.47. The molecular formula is C17H17N3OS. The van der Waals surface area contributed by atoms with Crippen molar-refractivity contribution in [1.82, 2.24) is 14.4 Å². The van der Waals surface area contributed by atoms with Crippen LogP contribution in [-0.2, 0) is 0 Å². The fourth-order valence-electron chi connectivity index (χ4n) is 3.16. The van der Waals surface area contributed by atoms with Crippen LogP contribution >= 0.6 is 11.3 Å². The third-order valence-corrected chi connectivity index (χ3v) is 5.72. The monoisotopic (exact) mass is 311 g/mol. The molecule has 1 aliphatic carbocycles. The van der Waals surface area contributed by atoms with Gasteiger partial charge in [0.05, 0.1) is 5.69 Å². The highest BCUT2D eigenvalue weighted by Crippen LogP contribution is 2.54. The zero-order valence-electron chi connectivity index (χ0n) is 12.8. The second kappa shape index (κ2) is 4.74. The molecule has 0 amide bonds. The smallest absolute Gasteiger partial charge is 0.261 e. The number of thiazole rings is 1. The van der Waals surface area contributed by atoms with Crippen molar-refractivity contribution in [3.63, 3.8) is 0 Å². The Labute approximate surface area is 132 Å². The number of rotatable bonds is 2. The van der Waals surface area contributed by atoms with Crippen LogP contribution in [0, 0.1) is 20.8 Å². The van der Waals surface area contributed by atoms with Gasteiger partial charge in [0.15, 0.2) is 4.96 Å². The van der Waals surface area contributed by atoms with Crippen molar-refractivity contribution in [2.75, 3.05) is 0 Å². The highest BCUT2D eigenvalue weighted by Gasteiger charge is 2.42. The summed E-state index contributed by atoms with van der Waals surface area (Å²) >= 11 is 1.60. The maximum atomic E-state index is 12.7. The summed E-state index contributed by atoms with van der Waals surface area (Å²) in [6.07, 6.45) is 4.77. The molecule has 112 valence electrons. The molecule has 5 heteroatoms. The number of fused-ring (bicyclic) bond motifs is 1. The number of nitrogens with zero attached hydrogens (tertiary/aromatic N) is 3. The molecule has 4 nitrogen and oxygen atoms in total. The summed E-state index contributed by atoms with van der Waals surface area (Å²) in [6.45, 7) is 5.93. The average molecular weight is 311 g/mol. The highest BCUT2D eigenvalue weighted by atomic mass is 32.1. The van der Waals surface area contributed by atoms with Crippen LogP contribution in [0.25, 0.3) is 4.96 Å². The molecule has 3 aromatic heterocycles. The Kier molecular flexibility index (Phi) is 2.94. The lowest BCUT2D eigenvalue weighted by Crippen LogP contribution is -2.20. The van der Waals surface area contributed by atoms with Crippen molar-refractivity contribution in [1.29, 1.82) is 0 Å². The summed E-state index contributed by atoms with van der Waals surface area (Å²) in [4.78, 5) is 23.7. The van der Waals surface area contributed by atoms with Gasteiger partial charge in [-0.2, -0.15) is 0 Å². The minimum atomic E-state index is 0.0821. The summed E-state index contributed by atoms with van der Waals surface area (Å²) in [6, 6.07) is 4.08. The predicted octanol–water partition coefficient (Wildman–Crippen LogP) is 3.35. The quantitative estimate of drug-likeness (QED) is 0.729. The van der Waals surface area contributed by atoms with Crippen molar-refractivity contribution in [2.24, 2.45) is 0 Å². The van der Waals surface area contributed by atoms with Crippen LogP contribution in [0.5, 0.6) is 0 Å². The zero-order valence-corrected chi connectivity index (χ0v) is 13.6. The second-order valence-electron chi connectivity index (χ2n) is 6.02. The van der Waals surface area contributed by atoms with Gasteiger partial charge in [-0.15, -0.1) is 11.3 Å². The normalized spacial score (nSPS) is 20.5. The van der Waals surface area contributed by atoms with E-state index >= 15 is 0 Å². The molecule has 0 aliphatic heterocycles. The van der Waals surface area contributed by atoms with Gasteiger partial charge in [0.2, 0.25) is 0 Å². The van der Waals surface area contributed by atoms with Crippen molar-refractivity contribution in [3.05, 3.63) is 62.3 Å². The molecule has 0 spiro atoms. The third-order valence-electron chi connectivity index (χ3n) is 4.66. The Morgan fingerprint density at radius 2 is 2.09 bits per heavy atom. The molecule has 1 fully saturated rings. The molecule has 1 aliphatic rings. The van der Waals surface area contributed by atoms with E-state index in [2.05, 4.69) is 11.1 Å². The molecule has 3 heterocycles. The Morgan fingerprint density at radius 1 is 1.27 bits per heavy atom. The Bertz CT molecular complexity index is 926. The van der Waals surface area contributed by atoms with Gasteiger partial charge >= 0.3 is 0 Å². The van der Waals surface area contributed by atoms with Crippen LogP contribution in [0.1, 0.15) is 45.6 Å². The van der Waals surface area contributed by atoms with Gasteiger partial charge in [0.25, 0.3) is 5.56 Å². The largest absolute Gasteiger partial charge is 0.269 e. The maximum absolute atomic E-state index is 12.7. The molecule has 1 saturated carbocycles. The van der Waals surface area contributed by atoms with Crippen LogP contribution in [0.3, 0.4) is 0 Å². The Hall–Kier alpha value is -2.01. The van der Waals surface area contributed by atoms with Gasteiger partial charge in [-0.1, -0.05) is 6.07 Å². The fourth-order valence-corrected chi connectivity index (χ4v) is 4.12. The molecule has 2 unspecified atom stereocenters. The van der Waals surface area contributed by atoms with E-state index in [0.29, 0.717) is 11.8 Å². The number of aromatic nitrogens is 3. The van der Waals surface area contributed by atoms with Crippen LogP contribution < -0.4 is 5.56 Å². The van der Waals surface area contributed by atoms with Crippen molar-refractivity contribution in [2.45, 2.75) is 39.0 Å². The van der Waals surface area contributed by atoms with E-state index in [1.54, 1.807) is 21.9 Å². The minimum absolute atomic E-state index is 0.0821. The molecule has 2 atom stereocenters. The molecule has 4 rings (SSSR count).